The van der Waals surface area contributed by atoms with Crippen LogP contribution in [0.3, 0.4) is 0 Å². The Morgan fingerprint density at radius 1 is 0.852 bits per heavy atom. The molecule has 1 rings (SSSR count). The van der Waals surface area contributed by atoms with Gasteiger partial charge in [0, 0.05) is 0 Å². The van der Waals surface area contributed by atoms with Gasteiger partial charge in [0.05, 0.1) is 0 Å². The summed E-state index contributed by atoms with van der Waals surface area (Å²) in [6.45, 7) is 16.0. The molecule has 0 spiro atoms. The Bertz CT molecular complexity index is 579. The van der Waals surface area contributed by atoms with Crippen LogP contribution >= 0.6 is 0 Å². The molecule has 0 heterocycles. The predicted octanol–water partition coefficient (Wildman–Crippen LogP) is 7.12. The van der Waals surface area contributed by atoms with Crippen molar-refractivity contribution in [3.8, 4) is 0 Å². The quantitative estimate of drug-likeness (QED) is 0.288. The van der Waals surface area contributed by atoms with E-state index >= 15 is 0 Å². The van der Waals surface area contributed by atoms with Crippen molar-refractivity contribution >= 4 is 6.47 Å². The standard InChI is InChI=1S/C25H42O2/c1-20-17-22(13-10-12-16-25(6,7)27-19-26)18-23(21(20)2)14-9-8-11-15-24(3,4)5/h17-19H,8-16H2,1-7H3. The molecule has 0 fully saturated rings. The Morgan fingerprint density at radius 3 is 2.11 bits per heavy atom. The topological polar surface area (TPSA) is 26.3 Å². The maximum atomic E-state index is 10.5. The van der Waals surface area contributed by atoms with Crippen LogP contribution in [-0.4, -0.2) is 12.1 Å². The van der Waals surface area contributed by atoms with Crippen molar-refractivity contribution < 1.29 is 9.53 Å². The summed E-state index contributed by atoms with van der Waals surface area (Å²) < 4.78 is 5.14. The van der Waals surface area contributed by atoms with Crippen molar-refractivity contribution in [2.24, 2.45) is 5.41 Å². The minimum Gasteiger partial charge on any atom is -0.462 e. The lowest BCUT2D eigenvalue weighted by Gasteiger charge is -2.22. The van der Waals surface area contributed by atoms with Gasteiger partial charge in [-0.25, -0.2) is 0 Å². The molecule has 0 aliphatic rings. The summed E-state index contributed by atoms with van der Waals surface area (Å²) in [6, 6.07) is 4.78. The van der Waals surface area contributed by atoms with Crippen molar-refractivity contribution in [1.29, 1.82) is 0 Å². The summed E-state index contributed by atoms with van der Waals surface area (Å²) in [5, 5.41) is 0. The first-order chi connectivity index (χ1) is 12.5. The van der Waals surface area contributed by atoms with Gasteiger partial charge in [-0.2, -0.15) is 0 Å². The van der Waals surface area contributed by atoms with Crippen molar-refractivity contribution in [1.82, 2.24) is 0 Å². The van der Waals surface area contributed by atoms with E-state index in [1.54, 1.807) is 0 Å². The van der Waals surface area contributed by atoms with Gasteiger partial charge in [-0.15, -0.1) is 0 Å². The van der Waals surface area contributed by atoms with Gasteiger partial charge in [0.1, 0.15) is 5.60 Å². The van der Waals surface area contributed by atoms with E-state index in [0.29, 0.717) is 11.9 Å². The van der Waals surface area contributed by atoms with Crippen LogP contribution in [0.4, 0.5) is 0 Å². The summed E-state index contributed by atoms with van der Waals surface area (Å²) in [6.07, 6.45) is 10.7. The SMILES string of the molecule is Cc1cc(CCCCC(C)(C)OC=O)cc(CCCCCC(C)(C)C)c1C. The number of benzene rings is 1. The molecule has 0 radical (unpaired) electrons. The van der Waals surface area contributed by atoms with Crippen LogP contribution in [0, 0.1) is 19.3 Å². The highest BCUT2D eigenvalue weighted by Crippen LogP contribution is 2.24. The molecule has 0 aliphatic carbocycles. The number of ether oxygens (including phenoxy) is 1. The third-order valence-corrected chi connectivity index (χ3v) is 5.57. The molecule has 0 aliphatic heterocycles. The monoisotopic (exact) mass is 374 g/mol. The van der Waals surface area contributed by atoms with Crippen LogP contribution < -0.4 is 0 Å². The predicted molar refractivity (Wildman–Crippen MR) is 116 cm³/mol. The van der Waals surface area contributed by atoms with E-state index in [4.69, 9.17) is 4.74 Å². The Labute approximate surface area is 168 Å². The number of rotatable bonds is 12. The van der Waals surface area contributed by atoms with Gasteiger partial charge in [-0.05, 0) is 100 Å². The summed E-state index contributed by atoms with van der Waals surface area (Å²) in [4.78, 5) is 10.5. The molecule has 2 nitrogen and oxygen atoms in total. The number of carbonyl (C=O) groups is 1. The van der Waals surface area contributed by atoms with Gasteiger partial charge in [0.15, 0.2) is 0 Å². The second-order valence-electron chi connectivity index (χ2n) is 10.00. The Hall–Kier alpha value is -1.31. The van der Waals surface area contributed by atoms with Crippen LogP contribution in [0.15, 0.2) is 12.1 Å². The smallest absolute Gasteiger partial charge is 0.293 e. The second-order valence-corrected chi connectivity index (χ2v) is 10.00. The van der Waals surface area contributed by atoms with E-state index in [-0.39, 0.29) is 5.60 Å². The van der Waals surface area contributed by atoms with Gasteiger partial charge in [-0.3, -0.25) is 4.79 Å². The zero-order valence-corrected chi connectivity index (χ0v) is 18.9. The molecule has 0 aromatic heterocycles. The summed E-state index contributed by atoms with van der Waals surface area (Å²) >= 11 is 0. The van der Waals surface area contributed by atoms with Crippen LogP contribution in [0.2, 0.25) is 0 Å². The van der Waals surface area contributed by atoms with Crippen LogP contribution in [0.25, 0.3) is 0 Å². The molecule has 0 atom stereocenters. The van der Waals surface area contributed by atoms with Crippen molar-refractivity contribution in [2.75, 3.05) is 0 Å². The fourth-order valence-corrected chi connectivity index (χ4v) is 3.63. The molecule has 0 N–H and O–H groups in total. The molecule has 1 aromatic rings. The minimum absolute atomic E-state index is 0.344. The molecule has 0 bridgehead atoms. The lowest BCUT2D eigenvalue weighted by molar-refractivity contribution is -0.140. The van der Waals surface area contributed by atoms with E-state index in [9.17, 15) is 4.79 Å². The number of carbonyl (C=O) groups excluding carboxylic acids is 1. The fraction of sp³-hybridized carbons (Fsp3) is 0.720. The van der Waals surface area contributed by atoms with Crippen LogP contribution in [-0.2, 0) is 22.4 Å². The zero-order valence-electron chi connectivity index (χ0n) is 18.9. The van der Waals surface area contributed by atoms with Crippen LogP contribution in [0.1, 0.15) is 102 Å². The van der Waals surface area contributed by atoms with Gasteiger partial charge >= 0.3 is 0 Å². The van der Waals surface area contributed by atoms with Crippen molar-refractivity contribution in [3.63, 3.8) is 0 Å². The lowest BCUT2D eigenvalue weighted by atomic mass is 9.88. The van der Waals surface area contributed by atoms with E-state index in [0.717, 1.165) is 25.7 Å². The first-order valence-corrected chi connectivity index (χ1v) is 10.7. The van der Waals surface area contributed by atoms with Gasteiger partial charge < -0.3 is 4.74 Å². The molecule has 1 aromatic carbocycles. The maximum absolute atomic E-state index is 10.5. The second kappa shape index (κ2) is 10.9. The highest BCUT2D eigenvalue weighted by atomic mass is 16.5. The van der Waals surface area contributed by atoms with Gasteiger partial charge in [0.2, 0.25) is 0 Å². The number of aryl methyl sites for hydroxylation is 3. The molecule has 0 amide bonds. The number of unbranched alkanes of at least 4 members (excludes halogenated alkanes) is 3. The minimum atomic E-state index is -0.344. The number of hydrogen-bond donors (Lipinski definition) is 0. The molecule has 0 saturated carbocycles. The first kappa shape index (κ1) is 23.7. The Kier molecular flexibility index (Phi) is 9.56. The third-order valence-electron chi connectivity index (χ3n) is 5.57. The fourth-order valence-electron chi connectivity index (χ4n) is 3.63. The van der Waals surface area contributed by atoms with E-state index < -0.39 is 0 Å². The number of hydrogen-bond acceptors (Lipinski definition) is 2. The molecular formula is C25H42O2. The van der Waals surface area contributed by atoms with Crippen LogP contribution in [0.5, 0.6) is 0 Å². The van der Waals surface area contributed by atoms with E-state index in [1.165, 1.54) is 54.4 Å². The highest BCUT2D eigenvalue weighted by molar-refractivity contribution is 5.38. The normalized spacial score (nSPS) is 12.3. The average molecular weight is 375 g/mol. The molecule has 0 saturated heterocycles. The summed E-state index contributed by atoms with van der Waals surface area (Å²) in [5.74, 6) is 0. The van der Waals surface area contributed by atoms with Gasteiger partial charge in [-0.1, -0.05) is 45.7 Å². The zero-order chi connectivity index (χ0) is 20.5. The molecule has 154 valence electrons. The van der Waals surface area contributed by atoms with E-state index in [1.807, 2.05) is 13.8 Å². The highest BCUT2D eigenvalue weighted by Gasteiger charge is 2.17. The van der Waals surface area contributed by atoms with Crippen molar-refractivity contribution in [2.45, 2.75) is 112 Å². The summed E-state index contributed by atoms with van der Waals surface area (Å²) in [7, 11) is 0. The largest absolute Gasteiger partial charge is 0.462 e. The average Bonchev–Trinajstić information content (AvgIpc) is 2.54. The lowest BCUT2D eigenvalue weighted by Crippen LogP contribution is -2.23. The van der Waals surface area contributed by atoms with E-state index in [2.05, 4.69) is 46.8 Å². The maximum Gasteiger partial charge on any atom is 0.293 e. The molecular weight excluding hydrogens is 332 g/mol. The molecule has 27 heavy (non-hydrogen) atoms. The van der Waals surface area contributed by atoms with Gasteiger partial charge in [0.25, 0.3) is 6.47 Å². The van der Waals surface area contributed by atoms with Crippen molar-refractivity contribution in [3.05, 3.63) is 34.4 Å². The Morgan fingerprint density at radius 2 is 1.48 bits per heavy atom. The molecule has 2 heteroatoms. The first-order valence-electron chi connectivity index (χ1n) is 10.7. The Balaban J connectivity index is 2.49. The third kappa shape index (κ3) is 9.98. The summed E-state index contributed by atoms with van der Waals surface area (Å²) in [5.41, 5.74) is 5.99. The molecule has 0 unspecified atom stereocenters.